The molecular weight excluding hydrogens is 436 g/mol. The minimum atomic E-state index is 0.00543. The van der Waals surface area contributed by atoms with E-state index in [4.69, 9.17) is 5.10 Å². The van der Waals surface area contributed by atoms with E-state index in [0.717, 1.165) is 34.4 Å². The van der Waals surface area contributed by atoms with Crippen LogP contribution in [0.1, 0.15) is 53.5 Å². The Balaban J connectivity index is 1.43. The highest BCUT2D eigenvalue weighted by molar-refractivity contribution is 5.93. The number of aryl methyl sites for hydroxylation is 5. The molecule has 35 heavy (non-hydrogen) atoms. The van der Waals surface area contributed by atoms with Crippen molar-refractivity contribution in [2.75, 3.05) is 11.9 Å². The van der Waals surface area contributed by atoms with Crippen molar-refractivity contribution >= 4 is 11.7 Å². The summed E-state index contributed by atoms with van der Waals surface area (Å²) >= 11 is 0. The maximum Gasteiger partial charge on any atom is 0.228 e. The Hall–Kier alpha value is -3.74. The number of carbonyl (C=O) groups excluding carboxylic acids is 1. The molecule has 0 bridgehead atoms. The van der Waals surface area contributed by atoms with Gasteiger partial charge >= 0.3 is 0 Å². The molecule has 180 valence electrons. The maximum atomic E-state index is 13.3. The summed E-state index contributed by atoms with van der Waals surface area (Å²) in [5, 5.41) is 9.47. The molecule has 0 atom stereocenters. The molecule has 5 rings (SSSR count). The van der Waals surface area contributed by atoms with Crippen molar-refractivity contribution in [1.82, 2.24) is 24.5 Å². The van der Waals surface area contributed by atoms with Gasteiger partial charge in [0.2, 0.25) is 5.91 Å². The highest BCUT2D eigenvalue weighted by Crippen LogP contribution is 2.38. The Morgan fingerprint density at radius 1 is 1.00 bits per heavy atom. The van der Waals surface area contributed by atoms with E-state index in [-0.39, 0.29) is 5.91 Å². The molecule has 0 unspecified atom stereocenters. The molecule has 1 fully saturated rings. The molecule has 0 aliphatic heterocycles. The van der Waals surface area contributed by atoms with Crippen molar-refractivity contribution in [1.29, 1.82) is 0 Å². The van der Waals surface area contributed by atoms with Crippen molar-refractivity contribution in [3.63, 3.8) is 0 Å². The predicted molar refractivity (Wildman–Crippen MR) is 138 cm³/mol. The van der Waals surface area contributed by atoms with E-state index in [1.807, 2.05) is 59.9 Å². The Morgan fingerprint density at radius 2 is 1.71 bits per heavy atom. The molecule has 0 spiro atoms. The summed E-state index contributed by atoms with van der Waals surface area (Å²) in [5.74, 6) is 3.05. The molecular formula is C28H32N6O. The van der Waals surface area contributed by atoms with Crippen LogP contribution in [-0.2, 0) is 18.3 Å². The van der Waals surface area contributed by atoms with Crippen LogP contribution in [0.15, 0.2) is 48.5 Å². The van der Waals surface area contributed by atoms with Gasteiger partial charge in [0.05, 0.1) is 11.4 Å². The van der Waals surface area contributed by atoms with Gasteiger partial charge in [0.15, 0.2) is 5.82 Å². The average molecular weight is 469 g/mol. The molecule has 7 heteroatoms. The second-order valence-corrected chi connectivity index (χ2v) is 9.62. The van der Waals surface area contributed by atoms with Crippen molar-refractivity contribution in [3.8, 4) is 16.9 Å². The summed E-state index contributed by atoms with van der Waals surface area (Å²) in [7, 11) is 3.75. The molecule has 2 heterocycles. The Labute approximate surface area is 206 Å². The fourth-order valence-electron chi connectivity index (χ4n) is 4.51. The van der Waals surface area contributed by atoms with Crippen LogP contribution in [-0.4, -0.2) is 37.5 Å². The number of para-hydroxylation sites is 1. The molecule has 0 N–H and O–H groups in total. The summed E-state index contributed by atoms with van der Waals surface area (Å²) < 4.78 is 3.72. The van der Waals surface area contributed by atoms with Crippen molar-refractivity contribution in [2.45, 2.75) is 52.4 Å². The van der Waals surface area contributed by atoms with Crippen molar-refractivity contribution in [3.05, 3.63) is 76.9 Å². The van der Waals surface area contributed by atoms with Gasteiger partial charge in [0.1, 0.15) is 11.6 Å². The van der Waals surface area contributed by atoms with Crippen LogP contribution in [0.2, 0.25) is 0 Å². The van der Waals surface area contributed by atoms with Gasteiger partial charge < -0.3 is 0 Å². The molecule has 2 aromatic carbocycles. The minimum absolute atomic E-state index is 0.00543. The summed E-state index contributed by atoms with van der Waals surface area (Å²) in [5.41, 5.74) is 6.49. The largest absolute Gasteiger partial charge is 0.300 e. The first-order chi connectivity index (χ1) is 16.8. The van der Waals surface area contributed by atoms with Gasteiger partial charge in [-0.3, -0.25) is 14.4 Å². The van der Waals surface area contributed by atoms with Crippen LogP contribution in [0.3, 0.4) is 0 Å². The van der Waals surface area contributed by atoms with Gasteiger partial charge in [-0.1, -0.05) is 24.3 Å². The fourth-order valence-corrected chi connectivity index (χ4v) is 4.51. The summed E-state index contributed by atoms with van der Waals surface area (Å²) in [6, 6.07) is 16.3. The number of hydrogen-bond acceptors (Lipinski definition) is 4. The number of amides is 1. The lowest BCUT2D eigenvalue weighted by Crippen LogP contribution is -2.28. The second kappa shape index (κ2) is 9.13. The fraction of sp³-hybridized carbons (Fsp3) is 0.357. The monoisotopic (exact) mass is 468 g/mol. The van der Waals surface area contributed by atoms with Crippen LogP contribution in [0.4, 0.5) is 5.82 Å². The molecule has 7 nitrogen and oxygen atoms in total. The third-order valence-corrected chi connectivity index (χ3v) is 6.87. The molecule has 0 saturated heterocycles. The Morgan fingerprint density at radius 3 is 2.43 bits per heavy atom. The van der Waals surface area contributed by atoms with E-state index in [1.54, 1.807) is 4.90 Å². The molecule has 1 aliphatic rings. The summed E-state index contributed by atoms with van der Waals surface area (Å²) in [6.07, 6.45) is 3.22. The van der Waals surface area contributed by atoms with Gasteiger partial charge in [0, 0.05) is 44.5 Å². The van der Waals surface area contributed by atoms with Crippen molar-refractivity contribution < 1.29 is 4.79 Å². The van der Waals surface area contributed by atoms with Crippen LogP contribution >= 0.6 is 0 Å². The molecule has 4 aromatic rings. The van der Waals surface area contributed by atoms with E-state index in [2.05, 4.69) is 43.0 Å². The molecule has 0 radical (unpaired) electrons. The highest BCUT2D eigenvalue weighted by atomic mass is 16.2. The number of anilines is 1. The zero-order valence-corrected chi connectivity index (χ0v) is 21.1. The van der Waals surface area contributed by atoms with Gasteiger partial charge in [-0.05, 0) is 68.5 Å². The zero-order valence-electron chi connectivity index (χ0n) is 21.1. The van der Waals surface area contributed by atoms with Gasteiger partial charge in [-0.25, -0.2) is 9.67 Å². The lowest BCUT2D eigenvalue weighted by atomic mass is 9.99. The normalized spacial score (nSPS) is 13.3. The molecule has 1 aliphatic carbocycles. The smallest absolute Gasteiger partial charge is 0.228 e. The quantitative estimate of drug-likeness (QED) is 0.380. The minimum Gasteiger partial charge on any atom is -0.300 e. The lowest BCUT2D eigenvalue weighted by Gasteiger charge is -2.18. The molecule has 1 saturated carbocycles. The maximum absolute atomic E-state index is 13.3. The first kappa shape index (κ1) is 23.0. The summed E-state index contributed by atoms with van der Waals surface area (Å²) in [4.78, 5) is 19.6. The van der Waals surface area contributed by atoms with Crippen LogP contribution < -0.4 is 4.90 Å². The number of nitrogens with zero attached hydrogens (tertiary/aromatic N) is 6. The van der Waals surface area contributed by atoms with Crippen LogP contribution in [0.5, 0.6) is 0 Å². The first-order valence-corrected chi connectivity index (χ1v) is 12.2. The van der Waals surface area contributed by atoms with E-state index in [1.165, 1.54) is 29.5 Å². The second-order valence-electron chi connectivity index (χ2n) is 9.62. The van der Waals surface area contributed by atoms with Crippen LogP contribution in [0, 0.1) is 20.8 Å². The van der Waals surface area contributed by atoms with E-state index >= 15 is 0 Å². The Kier molecular flexibility index (Phi) is 6.01. The SMILES string of the molecule is Cc1cc(C)c(-c2cc(N(C)C(=O)CCc3nc(C4CC4)n(C)n3)n(-c3ccccc3)n2)cc1C. The average Bonchev–Trinajstić information content (AvgIpc) is 3.48. The lowest BCUT2D eigenvalue weighted by molar-refractivity contribution is -0.118. The number of carbonyl (C=O) groups is 1. The predicted octanol–water partition coefficient (Wildman–Crippen LogP) is 5.07. The highest BCUT2D eigenvalue weighted by Gasteiger charge is 2.29. The third kappa shape index (κ3) is 4.63. The number of hydrogen-bond donors (Lipinski definition) is 0. The van der Waals surface area contributed by atoms with E-state index < -0.39 is 0 Å². The van der Waals surface area contributed by atoms with Crippen LogP contribution in [0.25, 0.3) is 16.9 Å². The zero-order chi connectivity index (χ0) is 24.7. The van der Waals surface area contributed by atoms with E-state index in [0.29, 0.717) is 18.8 Å². The number of rotatable bonds is 7. The van der Waals surface area contributed by atoms with Gasteiger partial charge in [-0.2, -0.15) is 10.2 Å². The standard InChI is InChI=1S/C28H32N6O/c1-18-15-20(3)23(16-19(18)2)24-17-26(34(30-24)22-9-7-6-8-10-22)32(4)27(35)14-13-25-29-28(21-11-12-21)33(5)31-25/h6-10,15-17,21H,11-14H2,1-5H3. The topological polar surface area (TPSA) is 68.8 Å². The molecule has 2 aromatic heterocycles. The third-order valence-electron chi connectivity index (χ3n) is 6.87. The van der Waals surface area contributed by atoms with Gasteiger partial charge in [-0.15, -0.1) is 0 Å². The number of aromatic nitrogens is 5. The van der Waals surface area contributed by atoms with Crippen molar-refractivity contribution in [2.24, 2.45) is 7.05 Å². The Bertz CT molecular complexity index is 1380. The first-order valence-electron chi connectivity index (χ1n) is 12.2. The molecule has 1 amide bonds. The number of benzene rings is 2. The van der Waals surface area contributed by atoms with Gasteiger partial charge in [0.25, 0.3) is 0 Å². The summed E-state index contributed by atoms with van der Waals surface area (Å²) in [6.45, 7) is 6.34. The van der Waals surface area contributed by atoms with E-state index in [9.17, 15) is 4.79 Å².